The van der Waals surface area contributed by atoms with E-state index >= 15 is 0 Å². The predicted molar refractivity (Wildman–Crippen MR) is 64.6 cm³/mol. The van der Waals surface area contributed by atoms with E-state index in [1.165, 1.54) is 25.1 Å². The Morgan fingerprint density at radius 1 is 1.22 bits per heavy atom. The van der Waals surface area contributed by atoms with Crippen LogP contribution in [0, 0.1) is 0 Å². The summed E-state index contributed by atoms with van der Waals surface area (Å²) in [5.41, 5.74) is 0.0188. The standard InChI is InChI=1S/C12H12N2O4/c1-17-8-4-3-5-9(18-2)12(8)14-7-13-10(15)6-11(14)16/h3-7,15H,1-2H3. The molecule has 2 rings (SSSR count). The van der Waals surface area contributed by atoms with Crippen molar-refractivity contribution in [3.05, 3.63) is 40.9 Å². The molecular formula is C12H12N2O4. The second kappa shape index (κ2) is 4.79. The molecular weight excluding hydrogens is 236 g/mol. The number of rotatable bonds is 3. The molecule has 0 bridgehead atoms. The van der Waals surface area contributed by atoms with Crippen molar-refractivity contribution in [1.82, 2.24) is 9.55 Å². The molecule has 0 radical (unpaired) electrons. The van der Waals surface area contributed by atoms with Crippen molar-refractivity contribution in [2.45, 2.75) is 0 Å². The van der Waals surface area contributed by atoms with Crippen LogP contribution in [0.15, 0.2) is 35.4 Å². The van der Waals surface area contributed by atoms with Crippen LogP contribution in [0.5, 0.6) is 17.4 Å². The molecule has 1 heterocycles. The molecule has 0 fully saturated rings. The molecule has 0 saturated carbocycles. The fourth-order valence-corrected chi connectivity index (χ4v) is 1.63. The van der Waals surface area contributed by atoms with E-state index in [0.29, 0.717) is 17.2 Å². The molecule has 18 heavy (non-hydrogen) atoms. The maximum absolute atomic E-state index is 11.8. The highest BCUT2D eigenvalue weighted by molar-refractivity contribution is 5.57. The quantitative estimate of drug-likeness (QED) is 0.875. The van der Waals surface area contributed by atoms with Crippen LogP contribution in [0.2, 0.25) is 0 Å². The van der Waals surface area contributed by atoms with Crippen LogP contribution in [-0.2, 0) is 0 Å². The number of benzene rings is 1. The highest BCUT2D eigenvalue weighted by atomic mass is 16.5. The van der Waals surface area contributed by atoms with E-state index in [9.17, 15) is 4.79 Å². The van der Waals surface area contributed by atoms with Crippen molar-refractivity contribution in [1.29, 1.82) is 0 Å². The summed E-state index contributed by atoms with van der Waals surface area (Å²) in [6, 6.07) is 6.18. The minimum absolute atomic E-state index is 0.329. The average molecular weight is 248 g/mol. The lowest BCUT2D eigenvalue weighted by molar-refractivity contribution is 0.389. The highest BCUT2D eigenvalue weighted by Crippen LogP contribution is 2.30. The van der Waals surface area contributed by atoms with Crippen molar-refractivity contribution in [2.75, 3.05) is 14.2 Å². The lowest BCUT2D eigenvalue weighted by atomic mass is 10.2. The number of nitrogens with zero attached hydrogens (tertiary/aromatic N) is 2. The molecule has 0 unspecified atom stereocenters. The summed E-state index contributed by atoms with van der Waals surface area (Å²) in [4.78, 5) is 15.5. The van der Waals surface area contributed by atoms with Crippen LogP contribution in [0.1, 0.15) is 0 Å². The molecule has 0 aliphatic carbocycles. The van der Waals surface area contributed by atoms with E-state index in [1.807, 2.05) is 0 Å². The first-order valence-corrected chi connectivity index (χ1v) is 5.16. The summed E-state index contributed by atoms with van der Waals surface area (Å²) in [6.45, 7) is 0. The summed E-state index contributed by atoms with van der Waals surface area (Å²) in [5.74, 6) is 0.623. The van der Waals surface area contributed by atoms with Gasteiger partial charge in [0.1, 0.15) is 23.5 Å². The summed E-state index contributed by atoms with van der Waals surface area (Å²) in [5, 5.41) is 9.15. The lowest BCUT2D eigenvalue weighted by Gasteiger charge is -2.14. The second-order valence-corrected chi connectivity index (χ2v) is 3.47. The Bertz CT molecular complexity index is 599. The number of ether oxygens (including phenoxy) is 2. The summed E-state index contributed by atoms with van der Waals surface area (Å²) in [6.07, 6.45) is 1.22. The molecule has 0 atom stereocenters. The molecule has 6 heteroatoms. The molecule has 1 aromatic carbocycles. The fourth-order valence-electron chi connectivity index (χ4n) is 1.63. The molecule has 2 aromatic rings. The van der Waals surface area contributed by atoms with E-state index < -0.39 is 5.56 Å². The first-order chi connectivity index (χ1) is 8.67. The summed E-state index contributed by atoms with van der Waals surface area (Å²) < 4.78 is 11.6. The van der Waals surface area contributed by atoms with E-state index in [4.69, 9.17) is 14.6 Å². The van der Waals surface area contributed by atoms with Crippen LogP contribution in [0.4, 0.5) is 0 Å². The third kappa shape index (κ3) is 2.00. The number of para-hydroxylation sites is 1. The zero-order chi connectivity index (χ0) is 13.1. The largest absolute Gasteiger partial charge is 0.494 e. The van der Waals surface area contributed by atoms with Gasteiger partial charge in [-0.3, -0.25) is 9.36 Å². The SMILES string of the molecule is COc1cccc(OC)c1-n1cnc(O)cc1=O. The van der Waals surface area contributed by atoms with Crippen LogP contribution in [-0.4, -0.2) is 28.9 Å². The molecule has 0 aliphatic heterocycles. The molecule has 1 aromatic heterocycles. The lowest BCUT2D eigenvalue weighted by Crippen LogP contribution is -2.18. The van der Waals surface area contributed by atoms with Gasteiger partial charge in [-0.15, -0.1) is 0 Å². The first-order valence-electron chi connectivity index (χ1n) is 5.16. The average Bonchev–Trinajstić information content (AvgIpc) is 2.38. The van der Waals surface area contributed by atoms with Crippen LogP contribution >= 0.6 is 0 Å². The third-order valence-corrected chi connectivity index (χ3v) is 2.44. The van der Waals surface area contributed by atoms with Crippen molar-refractivity contribution in [2.24, 2.45) is 0 Å². The third-order valence-electron chi connectivity index (χ3n) is 2.44. The van der Waals surface area contributed by atoms with Crippen molar-refractivity contribution < 1.29 is 14.6 Å². The smallest absolute Gasteiger partial charge is 0.261 e. The molecule has 0 saturated heterocycles. The van der Waals surface area contributed by atoms with Gasteiger partial charge in [0, 0.05) is 0 Å². The van der Waals surface area contributed by atoms with E-state index in [1.54, 1.807) is 18.2 Å². The van der Waals surface area contributed by atoms with Crippen molar-refractivity contribution >= 4 is 0 Å². The minimum Gasteiger partial charge on any atom is -0.494 e. The van der Waals surface area contributed by atoms with Gasteiger partial charge in [-0.05, 0) is 12.1 Å². The van der Waals surface area contributed by atoms with Crippen molar-refractivity contribution in [3.63, 3.8) is 0 Å². The number of hydrogen-bond acceptors (Lipinski definition) is 5. The Hall–Kier alpha value is -2.50. The Morgan fingerprint density at radius 2 is 1.83 bits per heavy atom. The zero-order valence-corrected chi connectivity index (χ0v) is 9.95. The monoisotopic (exact) mass is 248 g/mol. The van der Waals surface area contributed by atoms with Crippen LogP contribution in [0.3, 0.4) is 0 Å². The van der Waals surface area contributed by atoms with E-state index in [-0.39, 0.29) is 5.88 Å². The molecule has 0 aliphatic rings. The molecule has 1 N–H and O–H groups in total. The van der Waals surface area contributed by atoms with Gasteiger partial charge < -0.3 is 14.6 Å². The van der Waals surface area contributed by atoms with Gasteiger partial charge in [0.15, 0.2) is 0 Å². The van der Waals surface area contributed by atoms with Crippen LogP contribution < -0.4 is 15.0 Å². The minimum atomic E-state index is -0.426. The maximum atomic E-state index is 11.8. The molecule has 94 valence electrons. The molecule has 0 spiro atoms. The van der Waals surface area contributed by atoms with Gasteiger partial charge in [-0.25, -0.2) is 4.98 Å². The van der Waals surface area contributed by atoms with Gasteiger partial charge in [0.25, 0.3) is 5.56 Å². The normalized spacial score (nSPS) is 10.1. The Labute approximate surface area is 103 Å². The van der Waals surface area contributed by atoms with Gasteiger partial charge >= 0.3 is 0 Å². The first kappa shape index (κ1) is 12.0. The van der Waals surface area contributed by atoms with Gasteiger partial charge in [0.2, 0.25) is 5.88 Å². The number of methoxy groups -OCH3 is 2. The highest BCUT2D eigenvalue weighted by Gasteiger charge is 2.13. The maximum Gasteiger partial charge on any atom is 0.261 e. The van der Waals surface area contributed by atoms with E-state index in [0.717, 1.165) is 6.07 Å². The molecule has 6 nitrogen and oxygen atoms in total. The summed E-state index contributed by atoms with van der Waals surface area (Å²) in [7, 11) is 2.99. The number of aromatic hydroxyl groups is 1. The number of aromatic nitrogens is 2. The van der Waals surface area contributed by atoms with E-state index in [2.05, 4.69) is 4.98 Å². The Balaban J connectivity index is 2.73. The van der Waals surface area contributed by atoms with Crippen molar-refractivity contribution in [3.8, 4) is 23.1 Å². The summed E-state index contributed by atoms with van der Waals surface area (Å²) >= 11 is 0. The van der Waals surface area contributed by atoms with Crippen LogP contribution in [0.25, 0.3) is 5.69 Å². The van der Waals surface area contributed by atoms with Gasteiger partial charge in [-0.2, -0.15) is 0 Å². The Morgan fingerprint density at radius 3 is 2.33 bits per heavy atom. The Kier molecular flexibility index (Phi) is 3.18. The predicted octanol–water partition coefficient (Wildman–Crippen LogP) is 0.955. The second-order valence-electron chi connectivity index (χ2n) is 3.47. The van der Waals surface area contributed by atoms with Gasteiger partial charge in [0.05, 0.1) is 20.3 Å². The number of hydrogen-bond donors (Lipinski definition) is 1. The fraction of sp³-hybridized carbons (Fsp3) is 0.167. The zero-order valence-electron chi connectivity index (χ0n) is 9.95. The molecule has 0 amide bonds. The topological polar surface area (TPSA) is 73.6 Å². The van der Waals surface area contributed by atoms with Gasteiger partial charge in [-0.1, -0.05) is 6.07 Å².